The summed E-state index contributed by atoms with van der Waals surface area (Å²) in [4.78, 5) is 13.1. The Balaban J connectivity index is 1.97. The summed E-state index contributed by atoms with van der Waals surface area (Å²) < 4.78 is 7.30. The first-order chi connectivity index (χ1) is 8.65. The second-order valence-electron chi connectivity index (χ2n) is 3.98. The van der Waals surface area contributed by atoms with Crippen LogP contribution in [0.4, 0.5) is 0 Å². The molecule has 5 heteroatoms. The fourth-order valence-corrected chi connectivity index (χ4v) is 3.93. The number of thiophene rings is 1. The summed E-state index contributed by atoms with van der Waals surface area (Å²) in [5, 5.41) is 0. The van der Waals surface area contributed by atoms with Crippen molar-refractivity contribution in [1.82, 2.24) is 0 Å². The van der Waals surface area contributed by atoms with Crippen molar-refractivity contribution in [2.24, 2.45) is 0 Å². The van der Waals surface area contributed by atoms with E-state index < -0.39 is 0 Å². The summed E-state index contributed by atoms with van der Waals surface area (Å²) in [7, 11) is 0. The van der Waals surface area contributed by atoms with Crippen molar-refractivity contribution in [3.8, 4) is 5.75 Å². The lowest BCUT2D eigenvalue weighted by Crippen LogP contribution is -1.98. The molecular formula is C13H8Br2O2S. The average molecular weight is 388 g/mol. The molecule has 1 aliphatic rings. The Morgan fingerprint density at radius 1 is 1.28 bits per heavy atom. The molecule has 92 valence electrons. The highest BCUT2D eigenvalue weighted by Gasteiger charge is 2.18. The maximum Gasteiger partial charge on any atom is 0.203 e. The number of carbonyl (C=O) groups is 1. The van der Waals surface area contributed by atoms with E-state index in [0.29, 0.717) is 6.61 Å². The van der Waals surface area contributed by atoms with Gasteiger partial charge in [-0.3, -0.25) is 4.79 Å². The first kappa shape index (κ1) is 12.4. The molecule has 0 amide bonds. The number of hydrogen-bond acceptors (Lipinski definition) is 3. The second kappa shape index (κ2) is 4.79. The summed E-state index contributed by atoms with van der Waals surface area (Å²) in [6.07, 6.45) is 0.883. The predicted octanol–water partition coefficient (Wildman–Crippen LogP) is 4.44. The number of ether oxygens (including phenoxy) is 1. The van der Waals surface area contributed by atoms with Crippen LogP contribution in [0.1, 0.15) is 20.8 Å². The minimum Gasteiger partial charge on any atom is -0.493 e. The van der Waals surface area contributed by atoms with E-state index in [1.54, 1.807) is 0 Å². The highest BCUT2D eigenvalue weighted by molar-refractivity contribution is 9.13. The van der Waals surface area contributed by atoms with Crippen LogP contribution in [0, 0.1) is 0 Å². The van der Waals surface area contributed by atoms with Crippen LogP contribution in [-0.2, 0) is 6.42 Å². The fraction of sp³-hybridized carbons (Fsp3) is 0.154. The van der Waals surface area contributed by atoms with E-state index in [9.17, 15) is 4.79 Å². The van der Waals surface area contributed by atoms with Crippen molar-refractivity contribution in [2.45, 2.75) is 6.42 Å². The van der Waals surface area contributed by atoms with E-state index in [0.717, 1.165) is 36.4 Å². The van der Waals surface area contributed by atoms with Crippen LogP contribution < -0.4 is 4.74 Å². The summed E-state index contributed by atoms with van der Waals surface area (Å²) >= 11 is 8.24. The topological polar surface area (TPSA) is 26.3 Å². The first-order valence-corrected chi connectivity index (χ1v) is 7.80. The fourth-order valence-electron chi connectivity index (χ4n) is 1.93. The van der Waals surface area contributed by atoms with Crippen LogP contribution in [0.3, 0.4) is 0 Å². The van der Waals surface area contributed by atoms with Crippen molar-refractivity contribution in [3.63, 3.8) is 0 Å². The third kappa shape index (κ3) is 2.15. The molecule has 1 aliphatic heterocycles. The van der Waals surface area contributed by atoms with E-state index in [1.807, 2.05) is 24.3 Å². The minimum atomic E-state index is 0.0566. The van der Waals surface area contributed by atoms with Gasteiger partial charge in [0.05, 0.1) is 15.3 Å². The smallest absolute Gasteiger partial charge is 0.203 e. The normalized spacial score (nSPS) is 13.2. The van der Waals surface area contributed by atoms with Gasteiger partial charge >= 0.3 is 0 Å². The second-order valence-corrected chi connectivity index (χ2v) is 7.21. The van der Waals surface area contributed by atoms with Gasteiger partial charge in [0.25, 0.3) is 0 Å². The number of halogens is 2. The zero-order chi connectivity index (χ0) is 12.7. The molecule has 0 aliphatic carbocycles. The third-order valence-electron chi connectivity index (χ3n) is 2.82. The zero-order valence-electron chi connectivity index (χ0n) is 9.20. The number of carbonyl (C=O) groups excluding carboxylic acids is 1. The molecule has 1 aromatic carbocycles. The Kier molecular flexibility index (Phi) is 3.30. The molecule has 18 heavy (non-hydrogen) atoms. The van der Waals surface area contributed by atoms with Crippen LogP contribution in [0.2, 0.25) is 0 Å². The van der Waals surface area contributed by atoms with Gasteiger partial charge in [0.1, 0.15) is 5.75 Å². The van der Waals surface area contributed by atoms with Gasteiger partial charge in [0.15, 0.2) is 0 Å². The minimum absolute atomic E-state index is 0.0566. The molecule has 0 atom stereocenters. The molecule has 0 saturated carbocycles. The summed E-state index contributed by atoms with van der Waals surface area (Å²) in [6, 6.07) is 7.49. The van der Waals surface area contributed by atoms with E-state index in [2.05, 4.69) is 31.9 Å². The SMILES string of the molecule is O=C(c1ccc2c(c1)CCO2)c1cc(Br)c(Br)s1. The lowest BCUT2D eigenvalue weighted by Gasteiger charge is -2.01. The summed E-state index contributed by atoms with van der Waals surface area (Å²) in [5.74, 6) is 0.959. The number of fused-ring (bicyclic) bond motifs is 1. The predicted molar refractivity (Wildman–Crippen MR) is 78.8 cm³/mol. The maximum atomic E-state index is 12.3. The van der Waals surface area contributed by atoms with Gasteiger partial charge in [0, 0.05) is 16.5 Å². The maximum absolute atomic E-state index is 12.3. The summed E-state index contributed by atoms with van der Waals surface area (Å²) in [5.41, 5.74) is 1.84. The van der Waals surface area contributed by atoms with Crippen LogP contribution in [-0.4, -0.2) is 12.4 Å². The molecule has 2 aromatic rings. The van der Waals surface area contributed by atoms with E-state index in [4.69, 9.17) is 4.74 Å². The molecule has 2 nitrogen and oxygen atoms in total. The molecule has 1 aromatic heterocycles. The van der Waals surface area contributed by atoms with Gasteiger partial charge in [-0.25, -0.2) is 0 Å². The molecule has 0 spiro atoms. The Morgan fingerprint density at radius 3 is 2.83 bits per heavy atom. The van der Waals surface area contributed by atoms with Crippen LogP contribution in [0.25, 0.3) is 0 Å². The number of benzene rings is 1. The number of ketones is 1. The van der Waals surface area contributed by atoms with Crippen molar-refractivity contribution in [3.05, 3.63) is 48.5 Å². The van der Waals surface area contributed by atoms with Crippen molar-refractivity contribution in [2.75, 3.05) is 6.61 Å². The Hall–Kier alpha value is -0.650. The largest absolute Gasteiger partial charge is 0.493 e. The average Bonchev–Trinajstić information content (AvgIpc) is 2.95. The molecular weight excluding hydrogens is 380 g/mol. The molecule has 0 radical (unpaired) electrons. The standard InChI is InChI=1S/C13H8Br2O2S/c14-9-6-11(18-13(9)15)12(16)8-1-2-10-7(5-8)3-4-17-10/h1-2,5-6H,3-4H2. The quantitative estimate of drug-likeness (QED) is 0.712. The van der Waals surface area contributed by atoms with E-state index in [-0.39, 0.29) is 5.78 Å². The first-order valence-electron chi connectivity index (χ1n) is 5.40. The molecule has 0 fully saturated rings. The molecule has 0 bridgehead atoms. The molecule has 2 heterocycles. The van der Waals surface area contributed by atoms with Crippen molar-refractivity contribution in [1.29, 1.82) is 0 Å². The van der Waals surface area contributed by atoms with Crippen LogP contribution in [0.5, 0.6) is 5.75 Å². The Labute approximate surface area is 125 Å². The lowest BCUT2D eigenvalue weighted by molar-refractivity contribution is 0.104. The molecule has 0 unspecified atom stereocenters. The lowest BCUT2D eigenvalue weighted by atomic mass is 10.0. The zero-order valence-corrected chi connectivity index (χ0v) is 13.2. The van der Waals surface area contributed by atoms with Gasteiger partial charge in [-0.1, -0.05) is 0 Å². The van der Waals surface area contributed by atoms with Crippen molar-refractivity contribution >= 4 is 49.0 Å². The molecule has 0 saturated heterocycles. The third-order valence-corrected chi connectivity index (χ3v) is 6.08. The van der Waals surface area contributed by atoms with Gasteiger partial charge in [0.2, 0.25) is 5.78 Å². The highest BCUT2D eigenvalue weighted by atomic mass is 79.9. The number of rotatable bonds is 2. The van der Waals surface area contributed by atoms with Crippen LogP contribution >= 0.6 is 43.2 Å². The van der Waals surface area contributed by atoms with Gasteiger partial charge in [-0.05, 0) is 61.7 Å². The van der Waals surface area contributed by atoms with Crippen LogP contribution in [0.15, 0.2) is 32.5 Å². The molecule has 0 N–H and O–H groups in total. The van der Waals surface area contributed by atoms with Gasteiger partial charge < -0.3 is 4.74 Å². The Morgan fingerprint density at radius 2 is 2.11 bits per heavy atom. The highest BCUT2D eigenvalue weighted by Crippen LogP contribution is 2.34. The molecule has 3 rings (SSSR count). The van der Waals surface area contributed by atoms with Gasteiger partial charge in [-0.2, -0.15) is 0 Å². The summed E-state index contributed by atoms with van der Waals surface area (Å²) in [6.45, 7) is 0.711. The van der Waals surface area contributed by atoms with E-state index >= 15 is 0 Å². The Bertz CT molecular complexity index is 614. The van der Waals surface area contributed by atoms with Crippen molar-refractivity contribution < 1.29 is 9.53 Å². The van der Waals surface area contributed by atoms with E-state index in [1.165, 1.54) is 11.3 Å². The monoisotopic (exact) mass is 386 g/mol. The number of hydrogen-bond donors (Lipinski definition) is 0. The van der Waals surface area contributed by atoms with Gasteiger partial charge in [-0.15, -0.1) is 11.3 Å².